The standard InChI is InChI=1S/C16H30O2/c1-3-4-5-6-7-8-9-10-11-12-13-14-15-16(17)18-2/h11-12H,3-10,13-15H2,1-2H3/b12-11+. The fourth-order valence-electron chi connectivity index (χ4n) is 1.92. The SMILES string of the molecule is CCCCCCCCC/C=C/CCCC(=O)OC. The highest BCUT2D eigenvalue weighted by Gasteiger charge is 1.96. The molecule has 0 rings (SSSR count). The zero-order valence-corrected chi connectivity index (χ0v) is 12.2. The van der Waals surface area contributed by atoms with E-state index in [1.165, 1.54) is 58.5 Å². The first-order valence-corrected chi connectivity index (χ1v) is 7.53. The molecule has 0 aromatic heterocycles. The average Bonchev–Trinajstić information content (AvgIpc) is 2.39. The fraction of sp³-hybridized carbons (Fsp3) is 0.812. The third-order valence-corrected chi connectivity index (χ3v) is 3.12. The van der Waals surface area contributed by atoms with E-state index in [1.54, 1.807) is 0 Å². The van der Waals surface area contributed by atoms with Crippen LogP contribution >= 0.6 is 0 Å². The molecule has 0 saturated carbocycles. The van der Waals surface area contributed by atoms with Gasteiger partial charge < -0.3 is 4.74 Å². The van der Waals surface area contributed by atoms with Crippen LogP contribution in [0.4, 0.5) is 0 Å². The maximum absolute atomic E-state index is 10.8. The van der Waals surface area contributed by atoms with Crippen molar-refractivity contribution < 1.29 is 9.53 Å². The first kappa shape index (κ1) is 17.2. The predicted octanol–water partition coefficient (Wildman–Crippen LogP) is 5.03. The van der Waals surface area contributed by atoms with Gasteiger partial charge in [-0.25, -0.2) is 0 Å². The van der Waals surface area contributed by atoms with Crippen LogP contribution in [0.3, 0.4) is 0 Å². The molecule has 106 valence electrons. The van der Waals surface area contributed by atoms with Crippen molar-refractivity contribution in [1.82, 2.24) is 0 Å². The summed E-state index contributed by atoms with van der Waals surface area (Å²) in [7, 11) is 1.44. The minimum Gasteiger partial charge on any atom is -0.469 e. The largest absolute Gasteiger partial charge is 0.469 e. The van der Waals surface area contributed by atoms with Gasteiger partial charge in [0.1, 0.15) is 0 Å². The van der Waals surface area contributed by atoms with Crippen LogP contribution in [0.1, 0.15) is 77.6 Å². The van der Waals surface area contributed by atoms with Crippen molar-refractivity contribution in [1.29, 1.82) is 0 Å². The van der Waals surface area contributed by atoms with E-state index in [9.17, 15) is 4.79 Å². The van der Waals surface area contributed by atoms with E-state index in [2.05, 4.69) is 23.8 Å². The molecule has 0 unspecified atom stereocenters. The summed E-state index contributed by atoms with van der Waals surface area (Å²) < 4.78 is 4.59. The van der Waals surface area contributed by atoms with Gasteiger partial charge in [-0.1, -0.05) is 57.6 Å². The second-order valence-corrected chi connectivity index (χ2v) is 4.85. The van der Waals surface area contributed by atoms with Gasteiger partial charge >= 0.3 is 5.97 Å². The Labute approximate surface area is 113 Å². The molecule has 0 fully saturated rings. The topological polar surface area (TPSA) is 26.3 Å². The number of carbonyl (C=O) groups is 1. The number of methoxy groups -OCH3 is 1. The van der Waals surface area contributed by atoms with E-state index in [0.29, 0.717) is 6.42 Å². The minimum absolute atomic E-state index is 0.101. The maximum Gasteiger partial charge on any atom is 0.305 e. The molecule has 0 N–H and O–H groups in total. The molecule has 0 aromatic rings. The van der Waals surface area contributed by atoms with Crippen molar-refractivity contribution in [3.63, 3.8) is 0 Å². The molecule has 2 nitrogen and oxygen atoms in total. The Hall–Kier alpha value is -0.790. The lowest BCUT2D eigenvalue weighted by molar-refractivity contribution is -0.140. The van der Waals surface area contributed by atoms with Crippen molar-refractivity contribution in [3.05, 3.63) is 12.2 Å². The van der Waals surface area contributed by atoms with Gasteiger partial charge in [0, 0.05) is 6.42 Å². The second-order valence-electron chi connectivity index (χ2n) is 4.85. The monoisotopic (exact) mass is 254 g/mol. The normalized spacial score (nSPS) is 11.0. The van der Waals surface area contributed by atoms with Gasteiger partial charge in [0.2, 0.25) is 0 Å². The van der Waals surface area contributed by atoms with Crippen molar-refractivity contribution in [2.75, 3.05) is 7.11 Å². The molecule has 0 spiro atoms. The maximum atomic E-state index is 10.8. The highest BCUT2D eigenvalue weighted by atomic mass is 16.5. The van der Waals surface area contributed by atoms with Crippen molar-refractivity contribution in [2.24, 2.45) is 0 Å². The van der Waals surface area contributed by atoms with Gasteiger partial charge in [0.25, 0.3) is 0 Å². The third kappa shape index (κ3) is 13.3. The molecule has 0 aliphatic rings. The first-order chi connectivity index (χ1) is 8.81. The average molecular weight is 254 g/mol. The quantitative estimate of drug-likeness (QED) is 0.277. The Morgan fingerprint density at radius 2 is 1.44 bits per heavy atom. The Balaban J connectivity index is 3.11. The van der Waals surface area contributed by atoms with Crippen LogP contribution in [-0.4, -0.2) is 13.1 Å². The summed E-state index contributed by atoms with van der Waals surface area (Å²) in [4.78, 5) is 10.8. The molecule has 0 radical (unpaired) electrons. The molecule has 0 aliphatic heterocycles. The summed E-state index contributed by atoms with van der Waals surface area (Å²) in [5.74, 6) is -0.101. The zero-order chi connectivity index (χ0) is 13.5. The van der Waals surface area contributed by atoms with Crippen molar-refractivity contribution >= 4 is 5.97 Å². The van der Waals surface area contributed by atoms with E-state index in [4.69, 9.17) is 0 Å². The summed E-state index contributed by atoms with van der Waals surface area (Å²) in [5, 5.41) is 0. The molecule has 0 saturated heterocycles. The summed E-state index contributed by atoms with van der Waals surface area (Å²) in [5.41, 5.74) is 0. The lowest BCUT2D eigenvalue weighted by Gasteiger charge is -1.99. The van der Waals surface area contributed by atoms with Crippen LogP contribution in [-0.2, 0) is 9.53 Å². The molecule has 2 heteroatoms. The van der Waals surface area contributed by atoms with Gasteiger partial charge in [-0.15, -0.1) is 0 Å². The lowest BCUT2D eigenvalue weighted by Crippen LogP contribution is -1.98. The minimum atomic E-state index is -0.101. The number of hydrogen-bond donors (Lipinski definition) is 0. The first-order valence-electron chi connectivity index (χ1n) is 7.53. The number of ether oxygens (including phenoxy) is 1. The van der Waals surface area contributed by atoms with Crippen LogP contribution < -0.4 is 0 Å². The number of hydrogen-bond acceptors (Lipinski definition) is 2. The molecule has 0 aliphatic carbocycles. The van der Waals surface area contributed by atoms with Crippen LogP contribution in [0.15, 0.2) is 12.2 Å². The number of esters is 1. The molecule has 0 bridgehead atoms. The van der Waals surface area contributed by atoms with Gasteiger partial charge in [-0.2, -0.15) is 0 Å². The Morgan fingerprint density at radius 3 is 2.06 bits per heavy atom. The van der Waals surface area contributed by atoms with Crippen LogP contribution in [0.2, 0.25) is 0 Å². The molecule has 0 atom stereocenters. The number of carbonyl (C=O) groups excluding carboxylic acids is 1. The van der Waals surface area contributed by atoms with Crippen LogP contribution in [0, 0.1) is 0 Å². The van der Waals surface area contributed by atoms with Gasteiger partial charge in [-0.3, -0.25) is 4.79 Å². The van der Waals surface area contributed by atoms with Crippen molar-refractivity contribution in [2.45, 2.75) is 77.6 Å². The Morgan fingerprint density at radius 1 is 0.889 bits per heavy atom. The lowest BCUT2D eigenvalue weighted by atomic mass is 10.1. The molecule has 18 heavy (non-hydrogen) atoms. The molecule has 0 amide bonds. The highest BCUT2D eigenvalue weighted by Crippen LogP contribution is 2.09. The summed E-state index contributed by atoms with van der Waals surface area (Å²) in [6, 6.07) is 0. The van der Waals surface area contributed by atoms with E-state index in [1.807, 2.05) is 0 Å². The number of unbranched alkanes of at least 4 members (excludes halogenated alkanes) is 8. The molecular weight excluding hydrogens is 224 g/mol. The van der Waals surface area contributed by atoms with Gasteiger partial charge in [-0.05, 0) is 25.7 Å². The number of rotatable bonds is 12. The summed E-state index contributed by atoms with van der Waals surface area (Å²) in [6.45, 7) is 2.25. The van der Waals surface area contributed by atoms with E-state index >= 15 is 0 Å². The van der Waals surface area contributed by atoms with Crippen LogP contribution in [0.5, 0.6) is 0 Å². The molecular formula is C16H30O2. The van der Waals surface area contributed by atoms with E-state index in [0.717, 1.165) is 12.8 Å². The third-order valence-electron chi connectivity index (χ3n) is 3.12. The van der Waals surface area contributed by atoms with E-state index < -0.39 is 0 Å². The smallest absolute Gasteiger partial charge is 0.305 e. The van der Waals surface area contributed by atoms with Crippen LogP contribution in [0.25, 0.3) is 0 Å². The summed E-state index contributed by atoms with van der Waals surface area (Å²) >= 11 is 0. The number of allylic oxidation sites excluding steroid dienone is 2. The van der Waals surface area contributed by atoms with Crippen molar-refractivity contribution in [3.8, 4) is 0 Å². The zero-order valence-electron chi connectivity index (χ0n) is 12.2. The Bertz CT molecular complexity index is 209. The summed E-state index contributed by atoms with van der Waals surface area (Å²) in [6.07, 6.45) is 17.6. The second kappa shape index (κ2) is 14.3. The fourth-order valence-corrected chi connectivity index (χ4v) is 1.92. The molecule has 0 heterocycles. The predicted molar refractivity (Wildman–Crippen MR) is 77.6 cm³/mol. The van der Waals surface area contributed by atoms with Gasteiger partial charge in [0.05, 0.1) is 7.11 Å². The van der Waals surface area contributed by atoms with Gasteiger partial charge in [0.15, 0.2) is 0 Å². The molecule has 0 aromatic carbocycles. The Kier molecular flexibility index (Phi) is 13.6. The van der Waals surface area contributed by atoms with E-state index in [-0.39, 0.29) is 5.97 Å². The highest BCUT2D eigenvalue weighted by molar-refractivity contribution is 5.68.